The van der Waals surface area contributed by atoms with Crippen molar-refractivity contribution in [1.82, 2.24) is 14.7 Å². The van der Waals surface area contributed by atoms with E-state index in [0.29, 0.717) is 10.6 Å². The minimum atomic E-state index is -1.07. The topological polar surface area (TPSA) is 92.5 Å². The van der Waals surface area contributed by atoms with Crippen LogP contribution < -0.4 is 0 Å². The fourth-order valence-corrected chi connectivity index (χ4v) is 1.56. The summed E-state index contributed by atoms with van der Waals surface area (Å²) in [7, 11) is 3.38. The molecule has 0 radical (unpaired) electrons. The van der Waals surface area contributed by atoms with E-state index in [1.165, 1.54) is 22.0 Å². The maximum Gasteiger partial charge on any atom is 0.338 e. The molecule has 0 spiro atoms. The van der Waals surface area contributed by atoms with E-state index in [1.54, 1.807) is 38.4 Å². The highest BCUT2D eigenvalue weighted by atomic mass is 35.5. The summed E-state index contributed by atoms with van der Waals surface area (Å²) in [5.74, 6) is -1.23. The standard InChI is InChI=1S/C12H9ClN2O3.C3H7NO/c13-10-3-1-8(2-4-10)11(16)7-15-6-9(5-14-15)12(17)18;1-4(2)3-5/h1-6H,7H2,(H,17,18);3H,1-2H3. The second-order valence-corrected chi connectivity index (χ2v) is 5.17. The van der Waals surface area contributed by atoms with Crippen LogP contribution in [0.2, 0.25) is 5.02 Å². The third-order valence-electron chi connectivity index (χ3n) is 2.56. The monoisotopic (exact) mass is 337 g/mol. The number of aromatic nitrogens is 2. The lowest BCUT2D eigenvalue weighted by molar-refractivity contribution is -0.115. The highest BCUT2D eigenvalue weighted by Gasteiger charge is 2.10. The predicted molar refractivity (Wildman–Crippen MR) is 84.7 cm³/mol. The quantitative estimate of drug-likeness (QED) is 0.663. The Balaban J connectivity index is 0.000000463. The molecule has 0 saturated carbocycles. The fraction of sp³-hybridized carbons (Fsp3) is 0.200. The highest BCUT2D eigenvalue weighted by Crippen LogP contribution is 2.10. The molecule has 1 N–H and O–H groups in total. The largest absolute Gasteiger partial charge is 0.478 e. The number of Topliss-reactive ketones (excluding diaryl/α,β-unsaturated/α-hetero) is 1. The van der Waals surface area contributed by atoms with Crippen molar-refractivity contribution in [3.63, 3.8) is 0 Å². The first-order valence-electron chi connectivity index (χ1n) is 6.49. The minimum absolute atomic E-state index is 0.00505. The number of benzene rings is 1. The predicted octanol–water partition coefficient (Wildman–Crippen LogP) is 1.82. The zero-order valence-electron chi connectivity index (χ0n) is 12.6. The van der Waals surface area contributed by atoms with E-state index in [1.807, 2.05) is 0 Å². The lowest BCUT2D eigenvalue weighted by Crippen LogP contribution is -2.10. The van der Waals surface area contributed by atoms with Crippen molar-refractivity contribution in [2.24, 2.45) is 0 Å². The third-order valence-corrected chi connectivity index (χ3v) is 2.81. The second-order valence-electron chi connectivity index (χ2n) is 4.73. The molecule has 2 rings (SSSR count). The molecule has 7 nitrogen and oxygen atoms in total. The van der Waals surface area contributed by atoms with Crippen LogP contribution in [0.1, 0.15) is 20.7 Å². The van der Waals surface area contributed by atoms with E-state index in [4.69, 9.17) is 16.7 Å². The van der Waals surface area contributed by atoms with Crippen molar-refractivity contribution in [2.45, 2.75) is 6.54 Å². The number of hydrogen-bond donors (Lipinski definition) is 1. The van der Waals surface area contributed by atoms with E-state index >= 15 is 0 Å². The lowest BCUT2D eigenvalue weighted by atomic mass is 10.1. The minimum Gasteiger partial charge on any atom is -0.478 e. The Morgan fingerprint density at radius 3 is 2.26 bits per heavy atom. The van der Waals surface area contributed by atoms with Gasteiger partial charge in [-0.25, -0.2) is 4.79 Å². The Morgan fingerprint density at radius 2 is 1.83 bits per heavy atom. The van der Waals surface area contributed by atoms with Gasteiger partial charge >= 0.3 is 5.97 Å². The molecule has 1 heterocycles. The van der Waals surface area contributed by atoms with Crippen LogP contribution in [-0.2, 0) is 11.3 Å². The van der Waals surface area contributed by atoms with Gasteiger partial charge in [-0.15, -0.1) is 0 Å². The second kappa shape index (κ2) is 8.70. The van der Waals surface area contributed by atoms with Gasteiger partial charge in [0, 0.05) is 30.9 Å². The Morgan fingerprint density at radius 1 is 1.26 bits per heavy atom. The first kappa shape index (κ1) is 18.4. The summed E-state index contributed by atoms with van der Waals surface area (Å²) >= 11 is 5.72. The average Bonchev–Trinajstić information content (AvgIpc) is 2.97. The molecule has 122 valence electrons. The molecule has 0 aliphatic heterocycles. The number of carboxylic acids is 1. The lowest BCUT2D eigenvalue weighted by Gasteiger charge is -2.01. The summed E-state index contributed by atoms with van der Waals surface area (Å²) in [4.78, 5) is 33.4. The van der Waals surface area contributed by atoms with E-state index in [9.17, 15) is 14.4 Å². The number of carbonyl (C=O) groups is 3. The van der Waals surface area contributed by atoms with E-state index < -0.39 is 5.97 Å². The number of rotatable bonds is 5. The van der Waals surface area contributed by atoms with Gasteiger partial charge in [-0.2, -0.15) is 5.10 Å². The highest BCUT2D eigenvalue weighted by molar-refractivity contribution is 6.30. The molecule has 23 heavy (non-hydrogen) atoms. The van der Waals surface area contributed by atoms with Crippen molar-refractivity contribution >= 4 is 29.8 Å². The Kier molecular flexibility index (Phi) is 6.95. The summed E-state index contributed by atoms with van der Waals surface area (Å²) in [6.07, 6.45) is 3.27. The molecule has 0 bridgehead atoms. The smallest absolute Gasteiger partial charge is 0.338 e. The van der Waals surface area contributed by atoms with Crippen LogP contribution in [0.3, 0.4) is 0 Å². The van der Waals surface area contributed by atoms with Crippen molar-refractivity contribution < 1.29 is 19.5 Å². The van der Waals surface area contributed by atoms with Crippen LogP contribution in [0, 0.1) is 0 Å². The van der Waals surface area contributed by atoms with Gasteiger partial charge in [0.15, 0.2) is 5.78 Å². The molecule has 8 heteroatoms. The number of nitrogens with zero attached hydrogens (tertiary/aromatic N) is 3. The zero-order chi connectivity index (χ0) is 17.4. The van der Waals surface area contributed by atoms with Crippen molar-refractivity contribution in [3.8, 4) is 0 Å². The van der Waals surface area contributed by atoms with Crippen LogP contribution in [0.25, 0.3) is 0 Å². The van der Waals surface area contributed by atoms with Gasteiger partial charge in [0.05, 0.1) is 11.8 Å². The van der Waals surface area contributed by atoms with Gasteiger partial charge in [0.1, 0.15) is 6.54 Å². The van der Waals surface area contributed by atoms with Gasteiger partial charge in [0.25, 0.3) is 0 Å². The number of hydrogen-bond acceptors (Lipinski definition) is 4. The first-order chi connectivity index (χ1) is 10.8. The van der Waals surface area contributed by atoms with Crippen LogP contribution in [0.4, 0.5) is 0 Å². The van der Waals surface area contributed by atoms with Crippen LogP contribution in [0.15, 0.2) is 36.7 Å². The molecule has 0 unspecified atom stereocenters. The molecular weight excluding hydrogens is 322 g/mol. The molecule has 1 amide bonds. The Labute approximate surface area is 138 Å². The number of carboxylic acid groups (broad SMARTS) is 1. The summed E-state index contributed by atoms with van der Waals surface area (Å²) < 4.78 is 1.29. The van der Waals surface area contributed by atoms with Crippen molar-refractivity contribution in [3.05, 3.63) is 52.8 Å². The summed E-state index contributed by atoms with van der Waals surface area (Å²) in [6.45, 7) is -0.00505. The number of amides is 1. The fourth-order valence-electron chi connectivity index (χ4n) is 1.43. The molecule has 1 aromatic carbocycles. The molecular formula is C15H16ClN3O4. The zero-order valence-corrected chi connectivity index (χ0v) is 13.4. The maximum atomic E-state index is 11.9. The number of carbonyl (C=O) groups excluding carboxylic acids is 2. The molecule has 0 saturated heterocycles. The third kappa shape index (κ3) is 6.31. The van der Waals surface area contributed by atoms with Crippen LogP contribution in [-0.4, -0.2) is 52.0 Å². The van der Waals surface area contributed by atoms with Gasteiger partial charge in [-0.1, -0.05) is 11.6 Å². The molecule has 0 aliphatic carbocycles. The van der Waals surface area contributed by atoms with Gasteiger partial charge in [-0.3, -0.25) is 14.3 Å². The SMILES string of the molecule is CN(C)C=O.O=C(O)c1cnn(CC(=O)c2ccc(Cl)cc2)c1. The van der Waals surface area contributed by atoms with Gasteiger partial charge in [-0.05, 0) is 24.3 Å². The van der Waals surface area contributed by atoms with Gasteiger partial charge < -0.3 is 10.0 Å². The normalized spacial score (nSPS) is 9.52. The van der Waals surface area contributed by atoms with E-state index in [0.717, 1.165) is 6.41 Å². The maximum absolute atomic E-state index is 11.9. The molecule has 2 aromatic rings. The summed E-state index contributed by atoms with van der Waals surface area (Å²) in [5.41, 5.74) is 0.561. The summed E-state index contributed by atoms with van der Waals surface area (Å²) in [5, 5.41) is 13.1. The Hall–Kier alpha value is -2.67. The first-order valence-corrected chi connectivity index (χ1v) is 6.87. The van der Waals surface area contributed by atoms with Crippen LogP contribution >= 0.6 is 11.6 Å². The summed E-state index contributed by atoms with van der Waals surface area (Å²) in [6, 6.07) is 6.49. The Bertz CT molecular complexity index is 680. The number of halogens is 1. The molecule has 0 atom stereocenters. The van der Waals surface area contributed by atoms with Gasteiger partial charge in [0.2, 0.25) is 6.41 Å². The molecule has 0 fully saturated rings. The number of aromatic carboxylic acids is 1. The van der Waals surface area contributed by atoms with Crippen molar-refractivity contribution in [2.75, 3.05) is 14.1 Å². The molecule has 1 aromatic heterocycles. The molecule has 0 aliphatic rings. The van der Waals surface area contributed by atoms with E-state index in [2.05, 4.69) is 5.10 Å². The number of ketones is 1. The van der Waals surface area contributed by atoms with Crippen molar-refractivity contribution in [1.29, 1.82) is 0 Å². The van der Waals surface area contributed by atoms with Crippen LogP contribution in [0.5, 0.6) is 0 Å². The van der Waals surface area contributed by atoms with E-state index in [-0.39, 0.29) is 17.9 Å². The average molecular weight is 338 g/mol.